The molecule has 2 N–H and O–H groups in total. The summed E-state index contributed by atoms with van der Waals surface area (Å²) in [6, 6.07) is 9.87. The highest BCUT2D eigenvalue weighted by atomic mass is 16.1. The molecular weight excluding hydrogens is 302 g/mol. The summed E-state index contributed by atoms with van der Waals surface area (Å²) in [5.41, 5.74) is 2.91. The highest BCUT2D eigenvalue weighted by Crippen LogP contribution is 2.18. The molecule has 0 bridgehead atoms. The number of anilines is 1. The molecule has 0 saturated carbocycles. The Hall–Kier alpha value is -2.89. The van der Waals surface area contributed by atoms with Crippen molar-refractivity contribution in [2.45, 2.75) is 19.9 Å². The molecular formula is C18H21N5O. The lowest BCUT2D eigenvalue weighted by atomic mass is 10.1. The van der Waals surface area contributed by atoms with E-state index in [4.69, 9.17) is 0 Å². The molecule has 0 aliphatic rings. The number of para-hydroxylation sites is 1. The van der Waals surface area contributed by atoms with Gasteiger partial charge in [0, 0.05) is 43.0 Å². The highest BCUT2D eigenvalue weighted by molar-refractivity contribution is 5.88. The van der Waals surface area contributed by atoms with Crippen LogP contribution in [0.15, 0.2) is 36.5 Å². The van der Waals surface area contributed by atoms with Crippen LogP contribution >= 0.6 is 0 Å². The number of fused-ring (bicyclic) bond motifs is 1. The number of carbonyl (C=O) groups is 1. The van der Waals surface area contributed by atoms with Gasteiger partial charge in [-0.2, -0.15) is 0 Å². The van der Waals surface area contributed by atoms with Crippen LogP contribution in [-0.4, -0.2) is 35.0 Å². The van der Waals surface area contributed by atoms with Gasteiger partial charge in [-0.1, -0.05) is 18.2 Å². The maximum atomic E-state index is 12.2. The Bertz CT molecular complexity index is 869. The fourth-order valence-electron chi connectivity index (χ4n) is 2.61. The molecule has 0 radical (unpaired) electrons. The van der Waals surface area contributed by atoms with Gasteiger partial charge in [0.2, 0.25) is 5.91 Å². The Labute approximate surface area is 140 Å². The summed E-state index contributed by atoms with van der Waals surface area (Å²) in [6.07, 6.45) is 2.22. The summed E-state index contributed by atoms with van der Waals surface area (Å²) in [4.78, 5) is 26.2. The molecule has 0 atom stereocenters. The molecule has 3 aromatic rings. The Morgan fingerprint density at radius 3 is 2.83 bits per heavy atom. The monoisotopic (exact) mass is 323 g/mol. The number of amides is 1. The van der Waals surface area contributed by atoms with Gasteiger partial charge < -0.3 is 15.2 Å². The van der Waals surface area contributed by atoms with Gasteiger partial charge in [0.05, 0.1) is 13.0 Å². The normalized spacial score (nSPS) is 10.8. The first kappa shape index (κ1) is 16.0. The van der Waals surface area contributed by atoms with Gasteiger partial charge in [-0.15, -0.1) is 0 Å². The first-order chi connectivity index (χ1) is 11.5. The number of hydrogen-bond donors (Lipinski definition) is 2. The van der Waals surface area contributed by atoms with Crippen molar-refractivity contribution in [1.82, 2.24) is 20.3 Å². The smallest absolute Gasteiger partial charge is 0.224 e. The molecule has 0 saturated heterocycles. The second kappa shape index (κ2) is 6.70. The van der Waals surface area contributed by atoms with Gasteiger partial charge in [0.1, 0.15) is 11.6 Å². The van der Waals surface area contributed by atoms with Crippen molar-refractivity contribution in [2.24, 2.45) is 0 Å². The molecule has 124 valence electrons. The molecule has 24 heavy (non-hydrogen) atoms. The molecule has 0 aliphatic heterocycles. The predicted octanol–water partition coefficient (Wildman–Crippen LogP) is 2.19. The molecule has 0 unspecified atom stereocenters. The van der Waals surface area contributed by atoms with Crippen molar-refractivity contribution in [3.63, 3.8) is 0 Å². The van der Waals surface area contributed by atoms with E-state index in [1.165, 1.54) is 0 Å². The summed E-state index contributed by atoms with van der Waals surface area (Å²) < 4.78 is 0. The van der Waals surface area contributed by atoms with Crippen molar-refractivity contribution >= 4 is 22.6 Å². The zero-order chi connectivity index (χ0) is 17.1. The molecule has 1 aromatic carbocycles. The second-order valence-corrected chi connectivity index (χ2v) is 5.99. The number of hydrogen-bond acceptors (Lipinski definition) is 4. The fourth-order valence-corrected chi connectivity index (χ4v) is 2.61. The van der Waals surface area contributed by atoms with Crippen molar-refractivity contribution in [3.05, 3.63) is 53.6 Å². The molecule has 1 amide bonds. The zero-order valence-electron chi connectivity index (χ0n) is 14.1. The van der Waals surface area contributed by atoms with Crippen molar-refractivity contribution in [1.29, 1.82) is 0 Å². The molecule has 0 aliphatic carbocycles. The van der Waals surface area contributed by atoms with E-state index in [0.717, 1.165) is 28.0 Å². The number of benzene rings is 1. The minimum atomic E-state index is -0.0451. The third-order valence-electron chi connectivity index (χ3n) is 3.81. The number of nitrogens with one attached hydrogen (secondary N) is 2. The van der Waals surface area contributed by atoms with Crippen LogP contribution in [0.2, 0.25) is 0 Å². The lowest BCUT2D eigenvalue weighted by Gasteiger charge is -2.13. The summed E-state index contributed by atoms with van der Waals surface area (Å²) >= 11 is 0. The first-order valence-electron chi connectivity index (χ1n) is 7.86. The van der Waals surface area contributed by atoms with E-state index in [1.807, 2.05) is 62.4 Å². The second-order valence-electron chi connectivity index (χ2n) is 5.99. The number of rotatable bonds is 5. The van der Waals surface area contributed by atoms with E-state index >= 15 is 0 Å². The van der Waals surface area contributed by atoms with Crippen LogP contribution in [-0.2, 0) is 17.8 Å². The molecule has 2 heterocycles. The van der Waals surface area contributed by atoms with E-state index in [2.05, 4.69) is 20.3 Å². The lowest BCUT2D eigenvalue weighted by molar-refractivity contribution is -0.120. The van der Waals surface area contributed by atoms with E-state index < -0.39 is 0 Å². The Balaban J connectivity index is 1.66. The van der Waals surface area contributed by atoms with Gasteiger partial charge in [0.25, 0.3) is 0 Å². The van der Waals surface area contributed by atoms with Crippen LogP contribution in [0.5, 0.6) is 0 Å². The number of aromatic nitrogens is 3. The largest absolute Gasteiger partial charge is 0.363 e. The van der Waals surface area contributed by atoms with Gasteiger partial charge in [0.15, 0.2) is 0 Å². The molecule has 6 heteroatoms. The van der Waals surface area contributed by atoms with Crippen LogP contribution in [0.4, 0.5) is 5.82 Å². The average molecular weight is 323 g/mol. The number of H-pyrrole nitrogens is 1. The van der Waals surface area contributed by atoms with Crippen molar-refractivity contribution in [2.75, 3.05) is 19.0 Å². The highest BCUT2D eigenvalue weighted by Gasteiger charge is 2.10. The molecule has 0 fully saturated rings. The third kappa shape index (κ3) is 3.53. The third-order valence-corrected chi connectivity index (χ3v) is 3.81. The summed E-state index contributed by atoms with van der Waals surface area (Å²) in [5, 5.41) is 3.98. The van der Waals surface area contributed by atoms with Crippen molar-refractivity contribution < 1.29 is 4.79 Å². The zero-order valence-corrected chi connectivity index (χ0v) is 14.1. The minimum absolute atomic E-state index is 0.0451. The maximum absolute atomic E-state index is 12.2. The van der Waals surface area contributed by atoms with Gasteiger partial charge in [-0.25, -0.2) is 9.97 Å². The topological polar surface area (TPSA) is 73.9 Å². The number of aromatic amines is 1. The van der Waals surface area contributed by atoms with E-state index in [1.54, 1.807) is 0 Å². The quantitative estimate of drug-likeness (QED) is 0.755. The van der Waals surface area contributed by atoms with E-state index in [-0.39, 0.29) is 5.91 Å². The van der Waals surface area contributed by atoms with Crippen LogP contribution in [0.1, 0.15) is 17.1 Å². The molecule has 2 aromatic heterocycles. The van der Waals surface area contributed by atoms with Crippen LogP contribution < -0.4 is 10.2 Å². The summed E-state index contributed by atoms with van der Waals surface area (Å²) in [7, 11) is 3.86. The maximum Gasteiger partial charge on any atom is 0.224 e. The fraction of sp³-hybridized carbons (Fsp3) is 0.278. The number of carbonyl (C=O) groups excluding carboxylic acids is 1. The lowest BCUT2D eigenvalue weighted by Crippen LogP contribution is -2.26. The van der Waals surface area contributed by atoms with Gasteiger partial charge in [-0.3, -0.25) is 4.79 Å². The SMILES string of the molecule is Cc1cc(N(C)C)nc(CNC(=O)Cc2c[nH]c3ccccc23)n1. The molecule has 0 spiro atoms. The van der Waals surface area contributed by atoms with Gasteiger partial charge >= 0.3 is 0 Å². The number of aryl methyl sites for hydroxylation is 1. The standard InChI is InChI=1S/C18H21N5O/c1-12-8-17(23(2)3)22-16(21-12)11-20-18(24)9-13-10-19-15-7-5-4-6-14(13)15/h4-8,10,19H,9,11H2,1-3H3,(H,20,24). The van der Waals surface area contributed by atoms with E-state index in [0.29, 0.717) is 18.8 Å². The summed E-state index contributed by atoms with van der Waals surface area (Å²) in [6.45, 7) is 2.25. The average Bonchev–Trinajstić information content (AvgIpc) is 2.96. The van der Waals surface area contributed by atoms with Gasteiger partial charge in [-0.05, 0) is 18.6 Å². The minimum Gasteiger partial charge on any atom is -0.363 e. The van der Waals surface area contributed by atoms with E-state index in [9.17, 15) is 4.79 Å². The van der Waals surface area contributed by atoms with Crippen LogP contribution in [0, 0.1) is 6.92 Å². The number of nitrogens with zero attached hydrogens (tertiary/aromatic N) is 3. The Kier molecular flexibility index (Phi) is 4.46. The van der Waals surface area contributed by atoms with Crippen molar-refractivity contribution in [3.8, 4) is 0 Å². The van der Waals surface area contributed by atoms with Crippen LogP contribution in [0.25, 0.3) is 10.9 Å². The Morgan fingerprint density at radius 2 is 2.04 bits per heavy atom. The molecule has 3 rings (SSSR count). The predicted molar refractivity (Wildman–Crippen MR) is 94.9 cm³/mol. The molecule has 6 nitrogen and oxygen atoms in total. The summed E-state index contributed by atoms with van der Waals surface area (Å²) in [5.74, 6) is 1.41. The first-order valence-corrected chi connectivity index (χ1v) is 7.86. The Morgan fingerprint density at radius 1 is 1.25 bits per heavy atom. The van der Waals surface area contributed by atoms with Crippen LogP contribution in [0.3, 0.4) is 0 Å².